The number of aromatic nitrogens is 9. The molecule has 6 aromatic rings. The van der Waals surface area contributed by atoms with Gasteiger partial charge in [-0.15, -0.1) is 0 Å². The Balaban J connectivity index is 0.000000268. The van der Waals surface area contributed by atoms with E-state index in [1.54, 1.807) is 12.1 Å². The first-order chi connectivity index (χ1) is 57.7. The van der Waals surface area contributed by atoms with Crippen LogP contribution in [0, 0.1) is 0 Å². The summed E-state index contributed by atoms with van der Waals surface area (Å²) in [6.07, 6.45) is 25.6. The molecule has 0 aromatic carbocycles. The zero-order valence-corrected chi connectivity index (χ0v) is 77.9. The Bertz CT molecular complexity index is 4080. The van der Waals surface area contributed by atoms with Crippen molar-refractivity contribution in [3.8, 4) is 0 Å². The van der Waals surface area contributed by atoms with E-state index in [0.29, 0.717) is 68.7 Å². The number of hydrogen-bond donors (Lipinski definition) is 4. The summed E-state index contributed by atoms with van der Waals surface area (Å²) in [4.78, 5) is 83.4. The number of alkyl halides is 3. The number of hydrogen-bond acceptors (Lipinski definition) is 22. The zero-order chi connectivity index (χ0) is 89.6. The average molecular weight is 1720 g/mol. The number of carbonyl (C=O) groups is 3. The van der Waals surface area contributed by atoms with Gasteiger partial charge in [-0.2, -0.15) is 0 Å². The van der Waals surface area contributed by atoms with Gasteiger partial charge in [0.15, 0.2) is 0 Å². The molecule has 0 fully saturated rings. The SMILES string of the molecule is CC(C)(C)c1cc(Cl)ncn1.CC[C@@H](F)CN(CCCCc1ccc2c(n1)CCCC2)CC[C@H](Nc1cc(C(C)(C)C)ncn1)C(=O)O.COC[C@@H](F)CN(CCCCc1ccc2c(n1)CCCC2)CC[C@H](N)C(=O)OC(C)(C)C.COC[C@@H](F)CN(CCCCc1ccc2c(n1)CCCC2)CC[C@H](Nc1cc(C(C)(C)C)ncn1)C(=O)OC(C)(C)C. The van der Waals surface area contributed by atoms with Crippen molar-refractivity contribution in [1.29, 1.82) is 0 Å². The maximum Gasteiger partial charge on any atom is 0.329 e. The van der Waals surface area contributed by atoms with Crippen molar-refractivity contribution < 1.29 is 51.6 Å². The van der Waals surface area contributed by atoms with E-state index in [1.165, 1.54) is 105 Å². The van der Waals surface area contributed by atoms with E-state index in [9.17, 15) is 32.7 Å². The van der Waals surface area contributed by atoms with Crippen molar-refractivity contribution >= 4 is 41.1 Å². The van der Waals surface area contributed by atoms with E-state index < -0.39 is 59.8 Å². The number of pyridine rings is 3. The molecule has 3 aliphatic rings. The Hall–Kier alpha value is -7.46. The van der Waals surface area contributed by atoms with Gasteiger partial charge in [0.25, 0.3) is 0 Å². The normalized spacial score (nSPS) is 15.1. The highest BCUT2D eigenvalue weighted by molar-refractivity contribution is 6.29. The summed E-state index contributed by atoms with van der Waals surface area (Å²) in [5.74, 6) is -0.650. The quantitative estimate of drug-likeness (QED) is 0.0157. The summed E-state index contributed by atoms with van der Waals surface area (Å²) < 4.78 is 64.3. The minimum atomic E-state index is -1.11. The number of fused-ring (bicyclic) bond motifs is 3. The van der Waals surface area contributed by atoms with Crippen LogP contribution >= 0.6 is 11.6 Å². The van der Waals surface area contributed by atoms with Gasteiger partial charge >= 0.3 is 17.9 Å². The lowest BCUT2D eigenvalue weighted by Gasteiger charge is -2.28. The molecule has 0 bridgehead atoms. The Labute approximate surface area is 733 Å². The predicted octanol–water partition coefficient (Wildman–Crippen LogP) is 17.3. The molecule has 0 amide bonds. The third-order valence-electron chi connectivity index (χ3n) is 21.5. The molecule has 6 atom stereocenters. The van der Waals surface area contributed by atoms with Gasteiger partial charge in [0.2, 0.25) is 0 Å². The number of nitrogens with two attached hydrogens (primary N) is 1. The third-order valence-corrected chi connectivity index (χ3v) is 21.7. The van der Waals surface area contributed by atoms with Gasteiger partial charge in [-0.25, -0.2) is 52.7 Å². The van der Waals surface area contributed by atoms with Crippen LogP contribution in [0.2, 0.25) is 5.15 Å². The molecule has 0 saturated heterocycles. The fourth-order valence-electron chi connectivity index (χ4n) is 14.7. The van der Waals surface area contributed by atoms with Crippen molar-refractivity contribution in [1.82, 2.24) is 59.6 Å². The number of aliphatic carboxylic acids is 1. The van der Waals surface area contributed by atoms with Gasteiger partial charge in [-0.3, -0.25) is 19.7 Å². The largest absolute Gasteiger partial charge is 0.480 e. The van der Waals surface area contributed by atoms with Crippen LogP contribution in [0.15, 0.2) is 73.6 Å². The number of carbonyl (C=O) groups excluding carboxylic acids is 2. The van der Waals surface area contributed by atoms with Crippen LogP contribution in [0.5, 0.6) is 0 Å². The van der Waals surface area contributed by atoms with Crippen LogP contribution in [0.3, 0.4) is 0 Å². The van der Waals surface area contributed by atoms with Crippen molar-refractivity contribution in [2.24, 2.45) is 5.73 Å². The summed E-state index contributed by atoms with van der Waals surface area (Å²) in [5, 5.41) is 16.7. The Morgan fingerprint density at radius 2 is 0.803 bits per heavy atom. The van der Waals surface area contributed by atoms with Gasteiger partial charge in [0.1, 0.15) is 83.6 Å². The van der Waals surface area contributed by atoms with E-state index in [2.05, 4.69) is 149 Å². The topological polar surface area (TPSA) is 284 Å². The van der Waals surface area contributed by atoms with Gasteiger partial charge in [0.05, 0.1) is 30.3 Å². The average Bonchev–Trinajstić information content (AvgIpc) is 0.859. The first-order valence-electron chi connectivity index (χ1n) is 44.8. The highest BCUT2D eigenvalue weighted by Gasteiger charge is 2.30. The van der Waals surface area contributed by atoms with Crippen molar-refractivity contribution in [3.05, 3.63) is 147 Å². The molecule has 0 radical (unpaired) electrons. The zero-order valence-electron chi connectivity index (χ0n) is 77.1. The molecule has 680 valence electrons. The summed E-state index contributed by atoms with van der Waals surface area (Å²) in [5.41, 5.74) is 18.6. The minimum absolute atomic E-state index is 0.0415. The number of halogens is 4. The number of unbranched alkanes of at least 4 members (excludes halogenated alkanes) is 3. The number of anilines is 2. The number of carboxylic acids is 1. The van der Waals surface area contributed by atoms with Crippen LogP contribution in [-0.2, 0) is 107 Å². The van der Waals surface area contributed by atoms with Gasteiger partial charge in [-0.1, -0.05) is 99.0 Å². The second-order valence-corrected chi connectivity index (χ2v) is 38.4. The van der Waals surface area contributed by atoms with Crippen LogP contribution in [0.4, 0.5) is 24.8 Å². The van der Waals surface area contributed by atoms with Crippen LogP contribution < -0.4 is 16.4 Å². The smallest absolute Gasteiger partial charge is 0.329 e. The monoisotopic (exact) mass is 1720 g/mol. The standard InChI is InChI=1S/C33H52FN5O3.C29H44FN5O2.C25H42FN3O3.C8H11ClN2/c1-32(2,3)29-20-30(36-23-35-29)38-28(31(40)42-33(4,5)6)17-19-39(21-25(34)22-41-7)18-11-10-13-26-16-15-24-12-8-9-14-27(24)37-26;1-5-22(30)19-35(16-9-8-11-23-14-13-21-10-6-7-12-24(21)33-23)17-15-25(28(36)37)34-27-18-26(29(2,3)4)31-20-32-27;1-25(2,3)32-24(30)22(27)14-16-29(17-20(26)18-31-4)15-8-7-10-21-13-12-19-9-5-6-11-23(19)28-21;1-8(2,3)6-4-7(9)11-5-10-6/h15-16,20,23,25,28H,8-14,17-19,21-22H2,1-7H3,(H,35,36,38);13-14,18,20,22,25H,5-12,15-17,19H2,1-4H3,(H,36,37)(H,31,32,34);12-13,20,22H,5-11,14-18,27H2,1-4H3;4-5H,1-3H3/t25-,28-;22-,25+;20-,22-;/m010./s1. The van der Waals surface area contributed by atoms with Crippen molar-refractivity contribution in [3.63, 3.8) is 0 Å². The van der Waals surface area contributed by atoms with Crippen molar-refractivity contribution in [2.45, 2.75) is 335 Å². The second-order valence-electron chi connectivity index (χ2n) is 38.1. The number of ether oxygens (including phenoxy) is 4. The molecule has 6 aromatic heterocycles. The van der Waals surface area contributed by atoms with Crippen LogP contribution in [-0.4, -0.2) is 217 Å². The molecule has 0 spiro atoms. The Morgan fingerprint density at radius 1 is 0.459 bits per heavy atom. The molecule has 0 unspecified atom stereocenters. The molecular weight excluding hydrogens is 1570 g/mol. The molecule has 0 saturated carbocycles. The molecular formula is C95H149ClF3N15O8. The van der Waals surface area contributed by atoms with E-state index in [1.807, 2.05) is 59.4 Å². The molecule has 5 N–H and O–H groups in total. The maximum atomic E-state index is 14.7. The number of nitrogens with one attached hydrogen (secondary N) is 2. The number of rotatable bonds is 42. The molecule has 23 nitrogen and oxygen atoms in total. The summed E-state index contributed by atoms with van der Waals surface area (Å²) >= 11 is 5.70. The molecule has 9 rings (SSSR count). The highest BCUT2D eigenvalue weighted by Crippen LogP contribution is 2.28. The predicted molar refractivity (Wildman–Crippen MR) is 483 cm³/mol. The lowest BCUT2D eigenvalue weighted by molar-refractivity contribution is -0.157. The molecule has 122 heavy (non-hydrogen) atoms. The number of esters is 2. The second kappa shape index (κ2) is 51.8. The first kappa shape index (κ1) is 103. The molecule has 27 heteroatoms. The number of nitrogens with zero attached hydrogens (tertiary/aromatic N) is 12. The lowest BCUT2D eigenvalue weighted by Crippen LogP contribution is -2.41. The van der Waals surface area contributed by atoms with Crippen LogP contribution in [0.25, 0.3) is 0 Å². The fraction of sp³-hybridized carbons (Fsp3) is 0.684. The third kappa shape index (κ3) is 40.2. The molecule has 3 aliphatic carbocycles. The van der Waals surface area contributed by atoms with E-state index in [0.717, 1.165) is 150 Å². The van der Waals surface area contributed by atoms with Gasteiger partial charge < -0.3 is 55.1 Å². The molecule has 6 heterocycles. The van der Waals surface area contributed by atoms with E-state index in [4.69, 9.17) is 51.2 Å². The fourth-order valence-corrected chi connectivity index (χ4v) is 14.8. The summed E-state index contributed by atoms with van der Waals surface area (Å²) in [7, 11) is 3.01. The Kier molecular flexibility index (Phi) is 43.9. The van der Waals surface area contributed by atoms with Crippen LogP contribution in [0.1, 0.15) is 281 Å². The highest BCUT2D eigenvalue weighted by atomic mass is 35.5. The van der Waals surface area contributed by atoms with E-state index in [-0.39, 0.29) is 48.5 Å². The molecule has 0 aliphatic heterocycles. The number of aryl methyl sites for hydroxylation is 9. The number of methoxy groups -OCH3 is 2. The number of carboxylic acid groups (broad SMARTS) is 1. The van der Waals surface area contributed by atoms with E-state index >= 15 is 0 Å². The minimum Gasteiger partial charge on any atom is -0.480 e. The first-order valence-corrected chi connectivity index (χ1v) is 45.2. The maximum absolute atomic E-state index is 14.7. The summed E-state index contributed by atoms with van der Waals surface area (Å²) in [6.45, 7) is 36.2. The Morgan fingerprint density at radius 3 is 1.16 bits per heavy atom. The summed E-state index contributed by atoms with van der Waals surface area (Å²) in [6, 6.07) is 16.5. The van der Waals surface area contributed by atoms with Crippen molar-refractivity contribution in [2.75, 3.05) is 97.0 Å². The lowest BCUT2D eigenvalue weighted by atomic mass is 9.92. The van der Waals surface area contributed by atoms with Gasteiger partial charge in [0, 0.05) is 116 Å². The van der Waals surface area contributed by atoms with Gasteiger partial charge in [-0.05, 0) is 263 Å².